The molecule has 128 valence electrons. The molecule has 0 amide bonds. The molecule has 0 spiro atoms. The third-order valence-corrected chi connectivity index (χ3v) is 5.81. The number of carbonyl (C=O) groups excluding carboxylic acids is 1. The lowest BCUT2D eigenvalue weighted by Gasteiger charge is -2.26. The van der Waals surface area contributed by atoms with E-state index in [1.165, 1.54) is 5.56 Å². The summed E-state index contributed by atoms with van der Waals surface area (Å²) in [6, 6.07) is 11.0. The second-order valence-corrected chi connectivity index (χ2v) is 7.30. The largest absolute Gasteiger partial charge is 0.387 e. The van der Waals surface area contributed by atoms with Gasteiger partial charge in [0.25, 0.3) is 0 Å². The monoisotopic (exact) mass is 343 g/mol. The predicted octanol–water partition coefficient (Wildman–Crippen LogP) is 3.06. The highest BCUT2D eigenvalue weighted by Gasteiger charge is 2.33. The number of allylic oxidation sites excluding steroid dienone is 2. The second-order valence-electron chi connectivity index (χ2n) is 6.81. The second kappa shape index (κ2) is 7.68. The number of ketones is 1. The van der Waals surface area contributed by atoms with E-state index in [-0.39, 0.29) is 17.7 Å². The van der Waals surface area contributed by atoms with Gasteiger partial charge in [0.1, 0.15) is 0 Å². The number of hydrogen-bond donors (Lipinski definition) is 3. The lowest BCUT2D eigenvalue weighted by atomic mass is 9.90. The quantitative estimate of drug-likeness (QED) is 0.720. The van der Waals surface area contributed by atoms with Crippen LogP contribution in [0.3, 0.4) is 0 Å². The maximum absolute atomic E-state index is 11.7. The fraction of sp³-hybridized carbons (Fsp3) is 0.450. The van der Waals surface area contributed by atoms with Crippen LogP contribution >= 0.6 is 12.6 Å². The van der Waals surface area contributed by atoms with Crippen LogP contribution in [0.1, 0.15) is 31.7 Å². The third kappa shape index (κ3) is 3.82. The summed E-state index contributed by atoms with van der Waals surface area (Å²) in [6.45, 7) is 1.84. The molecule has 1 fully saturated rings. The van der Waals surface area contributed by atoms with Crippen molar-refractivity contribution >= 4 is 18.4 Å². The molecule has 1 aromatic rings. The molecule has 0 aromatic heterocycles. The van der Waals surface area contributed by atoms with Gasteiger partial charge < -0.3 is 10.4 Å². The van der Waals surface area contributed by atoms with E-state index in [9.17, 15) is 9.90 Å². The van der Waals surface area contributed by atoms with E-state index >= 15 is 0 Å². The van der Waals surface area contributed by atoms with Gasteiger partial charge in [0.15, 0.2) is 5.78 Å². The maximum Gasteiger partial charge on any atom is 0.163 e. The first kappa shape index (κ1) is 17.5. The van der Waals surface area contributed by atoms with E-state index in [0.717, 1.165) is 31.3 Å². The van der Waals surface area contributed by atoms with Gasteiger partial charge in [0.05, 0.1) is 12.0 Å². The molecule has 0 saturated carbocycles. The summed E-state index contributed by atoms with van der Waals surface area (Å²) in [5, 5.41) is 14.3. The van der Waals surface area contributed by atoms with Crippen LogP contribution in [-0.2, 0) is 11.2 Å². The van der Waals surface area contributed by atoms with E-state index in [1.807, 2.05) is 13.0 Å². The van der Waals surface area contributed by atoms with Crippen LogP contribution in [-0.4, -0.2) is 29.1 Å². The molecule has 2 N–H and O–H groups in total. The first-order valence-electron chi connectivity index (χ1n) is 8.69. The van der Waals surface area contributed by atoms with Gasteiger partial charge in [-0.2, -0.15) is 0 Å². The zero-order chi connectivity index (χ0) is 17.1. The third-order valence-electron chi connectivity index (χ3n) is 5.16. The minimum absolute atomic E-state index is 0.0352. The van der Waals surface area contributed by atoms with Crippen molar-refractivity contribution in [3.63, 3.8) is 0 Å². The molecule has 24 heavy (non-hydrogen) atoms. The molecule has 0 bridgehead atoms. The van der Waals surface area contributed by atoms with E-state index in [2.05, 4.69) is 42.2 Å². The Morgan fingerprint density at radius 3 is 2.75 bits per heavy atom. The van der Waals surface area contributed by atoms with Crippen LogP contribution in [0.5, 0.6) is 0 Å². The average molecular weight is 343 g/mol. The molecule has 4 atom stereocenters. The van der Waals surface area contributed by atoms with Crippen molar-refractivity contribution in [1.82, 2.24) is 5.32 Å². The Hall–Kier alpha value is -1.36. The standard InChI is InChI=1S/C20H25NO2S/c1-13-18(22)12-10-16(20(13)24)19(23)17-11-9-15(21-17)8-7-14-5-3-2-4-6-14/h2-6,10,12-13,15,17,19,21,23-24H,7-9,11H2,1H3. The first-order valence-corrected chi connectivity index (χ1v) is 9.14. The van der Waals surface area contributed by atoms with Crippen molar-refractivity contribution in [2.45, 2.75) is 50.8 Å². The Kier molecular flexibility index (Phi) is 5.59. The number of benzene rings is 1. The SMILES string of the molecule is CC1C(=O)C=CC(C(O)C2CCC(CCc3ccccc3)N2)=C1S. The number of aryl methyl sites for hydroxylation is 1. The number of nitrogens with one attached hydrogen (secondary N) is 1. The Balaban J connectivity index is 1.57. The topological polar surface area (TPSA) is 49.3 Å². The molecular weight excluding hydrogens is 318 g/mol. The first-order chi connectivity index (χ1) is 11.6. The summed E-state index contributed by atoms with van der Waals surface area (Å²) >= 11 is 4.47. The molecule has 4 heteroatoms. The van der Waals surface area contributed by atoms with Crippen LogP contribution < -0.4 is 5.32 Å². The lowest BCUT2D eigenvalue weighted by Crippen LogP contribution is -2.40. The Bertz CT molecular complexity index is 653. The Morgan fingerprint density at radius 1 is 1.25 bits per heavy atom. The summed E-state index contributed by atoms with van der Waals surface area (Å²) in [4.78, 5) is 12.4. The fourth-order valence-electron chi connectivity index (χ4n) is 3.57. The Morgan fingerprint density at radius 2 is 2.00 bits per heavy atom. The molecule has 2 aliphatic rings. The number of aliphatic hydroxyl groups is 1. The van der Waals surface area contributed by atoms with Crippen molar-refractivity contribution in [3.05, 3.63) is 58.5 Å². The van der Waals surface area contributed by atoms with E-state index in [4.69, 9.17) is 0 Å². The minimum atomic E-state index is -0.606. The number of hydrogen-bond acceptors (Lipinski definition) is 4. The predicted molar refractivity (Wildman–Crippen MR) is 100 cm³/mol. The van der Waals surface area contributed by atoms with Crippen molar-refractivity contribution in [1.29, 1.82) is 0 Å². The molecule has 1 heterocycles. The van der Waals surface area contributed by atoms with Crippen molar-refractivity contribution in [2.24, 2.45) is 5.92 Å². The highest BCUT2D eigenvalue weighted by atomic mass is 32.1. The number of carbonyl (C=O) groups is 1. The minimum Gasteiger partial charge on any atom is -0.387 e. The zero-order valence-corrected chi connectivity index (χ0v) is 14.9. The molecular formula is C20H25NO2S. The van der Waals surface area contributed by atoms with Crippen molar-refractivity contribution in [3.8, 4) is 0 Å². The zero-order valence-electron chi connectivity index (χ0n) is 14.0. The summed E-state index contributed by atoms with van der Waals surface area (Å²) in [6.07, 6.45) is 6.83. The van der Waals surface area contributed by atoms with Crippen molar-refractivity contribution in [2.75, 3.05) is 0 Å². The highest BCUT2D eigenvalue weighted by Crippen LogP contribution is 2.31. The molecule has 3 rings (SSSR count). The molecule has 0 radical (unpaired) electrons. The molecule has 1 aliphatic carbocycles. The number of thiol groups is 1. The molecule has 3 nitrogen and oxygen atoms in total. The van der Waals surface area contributed by atoms with Gasteiger partial charge in [-0.3, -0.25) is 4.79 Å². The smallest absolute Gasteiger partial charge is 0.163 e. The number of rotatable bonds is 5. The highest BCUT2D eigenvalue weighted by molar-refractivity contribution is 7.84. The van der Waals surface area contributed by atoms with Crippen LogP contribution in [0.2, 0.25) is 0 Å². The van der Waals surface area contributed by atoms with Crippen LogP contribution in [0.15, 0.2) is 53.0 Å². The van der Waals surface area contributed by atoms with Gasteiger partial charge in [-0.15, -0.1) is 12.6 Å². The summed E-state index contributed by atoms with van der Waals surface area (Å²) in [5.74, 6) is -0.200. The summed E-state index contributed by atoms with van der Waals surface area (Å²) < 4.78 is 0. The van der Waals surface area contributed by atoms with Gasteiger partial charge in [-0.1, -0.05) is 43.3 Å². The van der Waals surface area contributed by atoms with Crippen LogP contribution in [0, 0.1) is 5.92 Å². The Labute approximate surface area is 149 Å². The average Bonchev–Trinajstić information content (AvgIpc) is 3.07. The summed E-state index contributed by atoms with van der Waals surface area (Å²) in [7, 11) is 0. The van der Waals surface area contributed by atoms with Gasteiger partial charge in [-0.25, -0.2) is 0 Å². The molecule has 1 aliphatic heterocycles. The van der Waals surface area contributed by atoms with Gasteiger partial charge >= 0.3 is 0 Å². The van der Waals surface area contributed by atoms with E-state index in [0.29, 0.717) is 10.9 Å². The van der Waals surface area contributed by atoms with Crippen molar-refractivity contribution < 1.29 is 9.90 Å². The van der Waals surface area contributed by atoms with Crippen LogP contribution in [0.4, 0.5) is 0 Å². The summed E-state index contributed by atoms with van der Waals surface area (Å²) in [5.41, 5.74) is 2.14. The van der Waals surface area contributed by atoms with E-state index < -0.39 is 6.10 Å². The fourth-order valence-corrected chi connectivity index (χ4v) is 3.90. The molecule has 4 unspecified atom stereocenters. The maximum atomic E-state index is 11.7. The van der Waals surface area contributed by atoms with Gasteiger partial charge in [0, 0.05) is 12.1 Å². The van der Waals surface area contributed by atoms with Crippen LogP contribution in [0.25, 0.3) is 0 Å². The van der Waals surface area contributed by atoms with E-state index in [1.54, 1.807) is 12.2 Å². The van der Waals surface area contributed by atoms with Gasteiger partial charge in [-0.05, 0) is 47.8 Å². The lowest BCUT2D eigenvalue weighted by molar-refractivity contribution is -0.116. The van der Waals surface area contributed by atoms with Gasteiger partial charge in [0.2, 0.25) is 0 Å². The molecule has 1 saturated heterocycles. The number of aliphatic hydroxyl groups excluding tert-OH is 1. The normalized spacial score (nSPS) is 28.5. The molecule has 1 aromatic carbocycles.